The number of hydrogen-bond donors (Lipinski definition) is 0. The highest BCUT2D eigenvalue weighted by molar-refractivity contribution is 5.69. The maximum atomic E-state index is 11.8. The van der Waals surface area contributed by atoms with Crippen LogP contribution < -0.4 is 0 Å². The number of hydrogen-bond acceptors (Lipinski definition) is 7. The highest BCUT2D eigenvalue weighted by Crippen LogP contribution is 2.11. The van der Waals surface area contributed by atoms with Gasteiger partial charge in [0.1, 0.15) is 6.61 Å². The van der Waals surface area contributed by atoms with Crippen molar-refractivity contribution in [3.8, 4) is 0 Å². The van der Waals surface area contributed by atoms with Gasteiger partial charge in [0.05, 0.1) is 59.5 Å². The molecule has 0 saturated heterocycles. The predicted molar refractivity (Wildman–Crippen MR) is 169 cm³/mol. The van der Waals surface area contributed by atoms with Crippen molar-refractivity contribution in [1.29, 1.82) is 0 Å². The second kappa shape index (κ2) is 37.3. The Morgan fingerprint density at radius 2 is 0.634 bits per heavy atom. The molecular formula is C34H68O7. The molecule has 0 spiro atoms. The molecule has 0 amide bonds. The van der Waals surface area contributed by atoms with Gasteiger partial charge in [0.25, 0.3) is 0 Å². The molecule has 0 radical (unpaired) electrons. The van der Waals surface area contributed by atoms with Crippen molar-refractivity contribution in [1.82, 2.24) is 0 Å². The Bertz CT molecular complexity index is 490. The molecule has 0 heterocycles. The van der Waals surface area contributed by atoms with Crippen molar-refractivity contribution >= 4 is 5.97 Å². The lowest BCUT2D eigenvalue weighted by molar-refractivity contribution is -0.145. The van der Waals surface area contributed by atoms with E-state index in [0.717, 1.165) is 25.9 Å². The molecule has 0 bridgehead atoms. The van der Waals surface area contributed by atoms with Gasteiger partial charge in [0.2, 0.25) is 0 Å². The topological polar surface area (TPSA) is 72.5 Å². The molecule has 0 aromatic heterocycles. The average Bonchev–Trinajstić information content (AvgIpc) is 2.98. The molecule has 7 heteroatoms. The summed E-state index contributed by atoms with van der Waals surface area (Å²) in [5.41, 5.74) is 0. The molecule has 0 unspecified atom stereocenters. The van der Waals surface area contributed by atoms with E-state index in [2.05, 4.69) is 13.8 Å². The Hall–Kier alpha value is -0.730. The van der Waals surface area contributed by atoms with Crippen LogP contribution in [0.5, 0.6) is 0 Å². The van der Waals surface area contributed by atoms with Gasteiger partial charge in [-0.1, -0.05) is 123 Å². The molecule has 0 atom stereocenters. The maximum absolute atomic E-state index is 11.8. The minimum atomic E-state index is -0.120. The summed E-state index contributed by atoms with van der Waals surface area (Å²) in [6, 6.07) is 0. The summed E-state index contributed by atoms with van der Waals surface area (Å²) in [6.45, 7) is 10.5. The molecule has 0 aliphatic heterocycles. The van der Waals surface area contributed by atoms with Crippen molar-refractivity contribution in [3.05, 3.63) is 0 Å². The maximum Gasteiger partial charge on any atom is 0.305 e. The van der Waals surface area contributed by atoms with Crippen LogP contribution in [-0.2, 0) is 33.2 Å². The van der Waals surface area contributed by atoms with E-state index in [1.165, 1.54) is 103 Å². The van der Waals surface area contributed by atoms with Crippen LogP contribution in [0.4, 0.5) is 0 Å². The number of carbonyl (C=O) groups is 1. The molecule has 246 valence electrons. The molecule has 0 fully saturated rings. The van der Waals surface area contributed by atoms with Crippen LogP contribution in [0.2, 0.25) is 0 Å². The minimum absolute atomic E-state index is 0.120. The van der Waals surface area contributed by atoms with E-state index in [1.807, 2.05) is 0 Å². The Morgan fingerprint density at radius 1 is 0.341 bits per heavy atom. The van der Waals surface area contributed by atoms with Gasteiger partial charge in [0, 0.05) is 13.0 Å². The normalized spacial score (nSPS) is 11.4. The van der Waals surface area contributed by atoms with E-state index < -0.39 is 0 Å². The first-order chi connectivity index (χ1) is 20.3. The molecule has 0 aliphatic carbocycles. The standard InChI is InChI=1S/C34H68O7/c1-3-5-7-9-11-13-15-17-19-21-23-36-24-25-37-26-27-38-28-29-39-30-31-40-32-33-41-34(35)22-20-18-16-14-12-10-8-6-4-2/h3-33H2,1-2H3. The van der Waals surface area contributed by atoms with E-state index >= 15 is 0 Å². The highest BCUT2D eigenvalue weighted by Gasteiger charge is 2.03. The van der Waals surface area contributed by atoms with Gasteiger partial charge < -0.3 is 28.4 Å². The summed E-state index contributed by atoms with van der Waals surface area (Å²) in [7, 11) is 0. The Labute approximate surface area is 254 Å². The SMILES string of the molecule is CCCCCCCCCCCCOCCOCCOCCOCCOCCOC(=O)CCCCCCCCCCC. The van der Waals surface area contributed by atoms with E-state index in [9.17, 15) is 4.79 Å². The quantitative estimate of drug-likeness (QED) is 0.0537. The molecule has 0 saturated carbocycles. The number of unbranched alkanes of at least 4 members (excludes halogenated alkanes) is 17. The predicted octanol–water partition coefficient (Wildman–Crippen LogP) is 8.45. The van der Waals surface area contributed by atoms with Gasteiger partial charge >= 0.3 is 5.97 Å². The number of esters is 1. The van der Waals surface area contributed by atoms with E-state index in [-0.39, 0.29) is 5.97 Å². The monoisotopic (exact) mass is 588 g/mol. The summed E-state index contributed by atoms with van der Waals surface area (Å²) in [5, 5.41) is 0. The van der Waals surface area contributed by atoms with Crippen LogP contribution in [0.25, 0.3) is 0 Å². The Balaban J connectivity index is 3.11. The molecular weight excluding hydrogens is 520 g/mol. The molecule has 41 heavy (non-hydrogen) atoms. The van der Waals surface area contributed by atoms with E-state index in [1.54, 1.807) is 0 Å². The Kier molecular flexibility index (Phi) is 36.6. The highest BCUT2D eigenvalue weighted by atomic mass is 16.6. The van der Waals surface area contributed by atoms with Crippen LogP contribution in [0.1, 0.15) is 142 Å². The second-order valence-corrected chi connectivity index (χ2v) is 11.0. The first kappa shape index (κ1) is 40.3. The lowest BCUT2D eigenvalue weighted by Crippen LogP contribution is -2.15. The second-order valence-electron chi connectivity index (χ2n) is 11.0. The van der Waals surface area contributed by atoms with Crippen molar-refractivity contribution in [2.45, 2.75) is 142 Å². The van der Waals surface area contributed by atoms with Crippen molar-refractivity contribution < 1.29 is 33.2 Å². The van der Waals surface area contributed by atoms with Gasteiger partial charge in [-0.05, 0) is 12.8 Å². The van der Waals surface area contributed by atoms with Gasteiger partial charge in [-0.15, -0.1) is 0 Å². The van der Waals surface area contributed by atoms with Crippen LogP contribution in [0, 0.1) is 0 Å². The van der Waals surface area contributed by atoms with Crippen LogP contribution in [0.3, 0.4) is 0 Å². The van der Waals surface area contributed by atoms with Crippen LogP contribution >= 0.6 is 0 Å². The molecule has 0 rings (SSSR count). The Morgan fingerprint density at radius 3 is 1.02 bits per heavy atom. The molecule has 0 aliphatic rings. The van der Waals surface area contributed by atoms with Crippen molar-refractivity contribution in [2.75, 3.05) is 72.7 Å². The third-order valence-electron chi connectivity index (χ3n) is 7.11. The lowest BCUT2D eigenvalue weighted by Gasteiger charge is -2.08. The van der Waals surface area contributed by atoms with E-state index in [0.29, 0.717) is 72.5 Å². The summed E-state index contributed by atoms with van der Waals surface area (Å²) in [6.07, 6.45) is 25.2. The lowest BCUT2D eigenvalue weighted by atomic mass is 10.1. The third-order valence-corrected chi connectivity index (χ3v) is 7.11. The summed E-state index contributed by atoms with van der Waals surface area (Å²) >= 11 is 0. The summed E-state index contributed by atoms with van der Waals surface area (Å²) in [4.78, 5) is 11.8. The zero-order valence-corrected chi connectivity index (χ0v) is 27.3. The molecule has 0 aromatic rings. The van der Waals surface area contributed by atoms with Crippen LogP contribution in [-0.4, -0.2) is 78.6 Å². The van der Waals surface area contributed by atoms with E-state index in [4.69, 9.17) is 28.4 Å². The van der Waals surface area contributed by atoms with Crippen molar-refractivity contribution in [3.63, 3.8) is 0 Å². The fourth-order valence-corrected chi connectivity index (χ4v) is 4.54. The largest absolute Gasteiger partial charge is 0.463 e. The van der Waals surface area contributed by atoms with Gasteiger partial charge in [-0.2, -0.15) is 0 Å². The minimum Gasteiger partial charge on any atom is -0.463 e. The third kappa shape index (κ3) is 37.2. The van der Waals surface area contributed by atoms with Crippen molar-refractivity contribution in [2.24, 2.45) is 0 Å². The first-order valence-electron chi connectivity index (χ1n) is 17.4. The average molecular weight is 589 g/mol. The first-order valence-corrected chi connectivity index (χ1v) is 17.4. The van der Waals surface area contributed by atoms with Crippen LogP contribution in [0.15, 0.2) is 0 Å². The summed E-state index contributed by atoms with van der Waals surface area (Å²) in [5.74, 6) is -0.120. The van der Waals surface area contributed by atoms with Gasteiger partial charge in [-0.25, -0.2) is 0 Å². The summed E-state index contributed by atoms with van der Waals surface area (Å²) < 4.78 is 32.8. The zero-order valence-electron chi connectivity index (χ0n) is 27.3. The number of rotatable bonds is 36. The fraction of sp³-hybridized carbons (Fsp3) is 0.971. The zero-order chi connectivity index (χ0) is 29.7. The van der Waals surface area contributed by atoms with Gasteiger partial charge in [0.15, 0.2) is 0 Å². The number of ether oxygens (including phenoxy) is 6. The van der Waals surface area contributed by atoms with Gasteiger partial charge in [-0.3, -0.25) is 4.79 Å². The number of carbonyl (C=O) groups excluding carboxylic acids is 1. The molecule has 0 N–H and O–H groups in total. The fourth-order valence-electron chi connectivity index (χ4n) is 4.54. The smallest absolute Gasteiger partial charge is 0.305 e. The molecule has 7 nitrogen and oxygen atoms in total. The molecule has 0 aromatic carbocycles.